The fourth-order valence-electron chi connectivity index (χ4n) is 5.02. The van der Waals surface area contributed by atoms with Crippen LogP contribution in [0.2, 0.25) is 0 Å². The summed E-state index contributed by atoms with van der Waals surface area (Å²) >= 11 is 3.64. The van der Waals surface area contributed by atoms with Gasteiger partial charge in [-0.2, -0.15) is 0 Å². The van der Waals surface area contributed by atoms with Crippen molar-refractivity contribution < 1.29 is 0 Å². The van der Waals surface area contributed by atoms with E-state index in [1.165, 1.54) is 43.9 Å². The topological polar surface area (TPSA) is 40.7 Å². The van der Waals surface area contributed by atoms with Gasteiger partial charge >= 0.3 is 0 Å². The number of aromatic nitrogens is 2. The van der Waals surface area contributed by atoms with E-state index in [1.807, 2.05) is 0 Å². The lowest BCUT2D eigenvalue weighted by atomic mass is 9.95. The molecule has 1 aromatic heterocycles. The normalized spacial score (nSPS) is 18.3. The van der Waals surface area contributed by atoms with Gasteiger partial charge in [-0.15, -0.1) is 0 Å². The first-order chi connectivity index (χ1) is 14.5. The monoisotopic (exact) mass is 455 g/mol. The molecule has 30 heavy (non-hydrogen) atoms. The molecule has 2 heterocycles. The number of nitrogens with zero attached hydrogens (tertiary/aromatic N) is 1. The molecule has 1 aliphatic heterocycles. The van der Waals surface area contributed by atoms with Crippen LogP contribution < -0.4 is 5.32 Å². The minimum absolute atomic E-state index is 0.186. The molecule has 0 spiro atoms. The van der Waals surface area contributed by atoms with Crippen LogP contribution in [-0.2, 0) is 0 Å². The second kappa shape index (κ2) is 6.32. The van der Waals surface area contributed by atoms with Gasteiger partial charge in [0.15, 0.2) is 0 Å². The van der Waals surface area contributed by atoms with Crippen LogP contribution in [0.3, 0.4) is 0 Å². The molecule has 0 amide bonds. The van der Waals surface area contributed by atoms with Crippen molar-refractivity contribution >= 4 is 54.2 Å². The maximum Gasteiger partial charge on any atom is 0.117 e. The van der Waals surface area contributed by atoms with Gasteiger partial charge in [0.1, 0.15) is 5.82 Å². The number of hydrogen-bond acceptors (Lipinski definition) is 2. The second-order valence-electron chi connectivity index (χ2n) is 8.59. The van der Waals surface area contributed by atoms with Crippen LogP contribution in [-0.4, -0.2) is 16.0 Å². The van der Waals surface area contributed by atoms with Gasteiger partial charge < -0.3 is 10.3 Å². The highest BCUT2D eigenvalue weighted by Crippen LogP contribution is 2.42. The number of rotatable bonds is 1. The quantitative estimate of drug-likeness (QED) is 0.262. The van der Waals surface area contributed by atoms with Gasteiger partial charge in [0.25, 0.3) is 0 Å². The predicted octanol–water partition coefficient (Wildman–Crippen LogP) is 7.19. The summed E-state index contributed by atoms with van der Waals surface area (Å²) in [5, 5.41) is 8.64. The molecule has 5 aromatic rings. The van der Waals surface area contributed by atoms with Crippen molar-refractivity contribution in [2.75, 3.05) is 5.32 Å². The number of aromatic amines is 1. The van der Waals surface area contributed by atoms with Crippen molar-refractivity contribution in [2.45, 2.75) is 32.7 Å². The van der Waals surface area contributed by atoms with Gasteiger partial charge in [-0.05, 0) is 55.3 Å². The SMILES string of the molecule is Cc1ccc2c(c1)c1cc(C)ccc1c1[nH]c(C3c4cc(Br)ccc4NC3C)nc21. The Kier molecular flexibility index (Phi) is 3.79. The highest BCUT2D eigenvalue weighted by molar-refractivity contribution is 9.10. The Labute approximate surface area is 183 Å². The third kappa shape index (κ3) is 2.53. The van der Waals surface area contributed by atoms with Crippen molar-refractivity contribution in [3.8, 4) is 0 Å². The Balaban J connectivity index is 1.69. The van der Waals surface area contributed by atoms with Gasteiger partial charge in [0.05, 0.1) is 17.0 Å². The van der Waals surface area contributed by atoms with Crippen molar-refractivity contribution in [1.29, 1.82) is 0 Å². The summed E-state index contributed by atoms with van der Waals surface area (Å²) in [6.45, 7) is 6.54. The molecule has 0 bridgehead atoms. The fraction of sp³-hybridized carbons (Fsp3) is 0.192. The van der Waals surface area contributed by atoms with E-state index in [9.17, 15) is 0 Å². The molecule has 3 nitrogen and oxygen atoms in total. The summed E-state index contributed by atoms with van der Waals surface area (Å²) in [6.07, 6.45) is 0. The van der Waals surface area contributed by atoms with Crippen LogP contribution in [0, 0.1) is 13.8 Å². The van der Waals surface area contributed by atoms with E-state index in [1.54, 1.807) is 0 Å². The molecule has 0 fully saturated rings. The summed E-state index contributed by atoms with van der Waals surface area (Å²) in [5.74, 6) is 1.21. The Morgan fingerprint density at radius 3 is 2.30 bits per heavy atom. The second-order valence-corrected chi connectivity index (χ2v) is 9.50. The Hall–Kier alpha value is -2.85. The number of halogens is 1. The molecule has 6 rings (SSSR count). The summed E-state index contributed by atoms with van der Waals surface area (Å²) < 4.78 is 1.10. The average Bonchev–Trinajstić information content (AvgIpc) is 3.28. The lowest BCUT2D eigenvalue weighted by molar-refractivity contribution is 0.692. The Morgan fingerprint density at radius 2 is 1.53 bits per heavy atom. The van der Waals surface area contributed by atoms with Crippen LogP contribution in [0.25, 0.3) is 32.6 Å². The lowest BCUT2D eigenvalue weighted by Crippen LogP contribution is -2.17. The first kappa shape index (κ1) is 18.0. The predicted molar refractivity (Wildman–Crippen MR) is 130 cm³/mol. The zero-order valence-electron chi connectivity index (χ0n) is 17.2. The van der Waals surface area contributed by atoms with Gasteiger partial charge in [0, 0.05) is 27.0 Å². The largest absolute Gasteiger partial charge is 0.381 e. The molecular formula is C26H22BrN3. The summed E-state index contributed by atoms with van der Waals surface area (Å²) in [5.41, 5.74) is 7.22. The Bertz CT molecular complexity index is 1400. The number of H-pyrrole nitrogens is 1. The summed E-state index contributed by atoms with van der Waals surface area (Å²) in [7, 11) is 0. The Morgan fingerprint density at radius 1 is 0.833 bits per heavy atom. The molecule has 148 valence electrons. The van der Waals surface area contributed by atoms with E-state index in [0.717, 1.165) is 21.3 Å². The van der Waals surface area contributed by atoms with E-state index < -0.39 is 0 Å². The fourth-order valence-corrected chi connectivity index (χ4v) is 5.40. The number of imidazole rings is 1. The van der Waals surface area contributed by atoms with Crippen LogP contribution in [0.15, 0.2) is 59.1 Å². The van der Waals surface area contributed by atoms with E-state index in [2.05, 4.69) is 102 Å². The minimum Gasteiger partial charge on any atom is -0.381 e. The van der Waals surface area contributed by atoms with Crippen molar-refractivity contribution in [2.24, 2.45) is 0 Å². The molecule has 0 radical (unpaired) electrons. The number of hydrogen-bond donors (Lipinski definition) is 2. The molecule has 4 heteroatoms. The molecule has 1 aliphatic rings. The molecule has 4 aromatic carbocycles. The molecular weight excluding hydrogens is 434 g/mol. The van der Waals surface area contributed by atoms with Gasteiger partial charge in [0.2, 0.25) is 0 Å². The number of fused-ring (bicyclic) bond motifs is 7. The third-order valence-corrected chi connectivity index (χ3v) is 6.91. The minimum atomic E-state index is 0.186. The van der Waals surface area contributed by atoms with Crippen molar-refractivity contribution in [1.82, 2.24) is 9.97 Å². The van der Waals surface area contributed by atoms with E-state index in [0.29, 0.717) is 0 Å². The van der Waals surface area contributed by atoms with Crippen LogP contribution in [0.5, 0.6) is 0 Å². The van der Waals surface area contributed by atoms with Crippen molar-refractivity contribution in [3.05, 3.63) is 81.6 Å². The molecule has 0 aliphatic carbocycles. The number of aryl methyl sites for hydroxylation is 2. The van der Waals surface area contributed by atoms with E-state index in [4.69, 9.17) is 4.98 Å². The highest BCUT2D eigenvalue weighted by atomic mass is 79.9. The number of benzene rings is 4. The van der Waals surface area contributed by atoms with E-state index >= 15 is 0 Å². The van der Waals surface area contributed by atoms with Gasteiger partial charge in [-0.3, -0.25) is 0 Å². The first-order valence-corrected chi connectivity index (χ1v) is 11.2. The molecule has 2 N–H and O–H groups in total. The zero-order valence-corrected chi connectivity index (χ0v) is 18.8. The van der Waals surface area contributed by atoms with Crippen LogP contribution in [0.4, 0.5) is 5.69 Å². The average molecular weight is 456 g/mol. The first-order valence-electron chi connectivity index (χ1n) is 10.4. The summed E-state index contributed by atoms with van der Waals surface area (Å²) in [4.78, 5) is 8.92. The van der Waals surface area contributed by atoms with Gasteiger partial charge in [-0.1, -0.05) is 63.5 Å². The number of anilines is 1. The van der Waals surface area contributed by atoms with Crippen molar-refractivity contribution in [3.63, 3.8) is 0 Å². The van der Waals surface area contributed by atoms with Crippen LogP contribution >= 0.6 is 15.9 Å². The summed E-state index contributed by atoms with van der Waals surface area (Å²) in [6, 6.07) is 20.1. The third-order valence-electron chi connectivity index (χ3n) is 6.41. The smallest absolute Gasteiger partial charge is 0.117 e. The lowest BCUT2D eigenvalue weighted by Gasteiger charge is -2.13. The molecule has 2 atom stereocenters. The maximum atomic E-state index is 5.19. The highest BCUT2D eigenvalue weighted by Gasteiger charge is 2.33. The van der Waals surface area contributed by atoms with Crippen LogP contribution in [0.1, 0.15) is 35.4 Å². The molecule has 0 saturated heterocycles. The number of nitrogens with one attached hydrogen (secondary N) is 2. The standard InChI is InChI=1S/C26H22BrN3/c1-13-4-7-17-19(10-13)20-11-14(2)5-8-18(20)25-24(17)29-26(30-25)23-15(3)28-22-9-6-16(27)12-21(22)23/h4-12,15,23,28H,1-3H3,(H,29,30). The van der Waals surface area contributed by atoms with Gasteiger partial charge in [-0.25, -0.2) is 4.98 Å². The van der Waals surface area contributed by atoms with E-state index in [-0.39, 0.29) is 12.0 Å². The maximum absolute atomic E-state index is 5.19. The molecule has 2 unspecified atom stereocenters. The zero-order chi connectivity index (χ0) is 20.6. The molecule has 0 saturated carbocycles.